The maximum Gasteiger partial charge on any atom is 0.184 e. The number of anilines is 1. The summed E-state index contributed by atoms with van der Waals surface area (Å²) >= 11 is 1.69. The molecule has 4 nitrogen and oxygen atoms in total. The van der Waals surface area contributed by atoms with Crippen LogP contribution in [0.1, 0.15) is 19.3 Å². The van der Waals surface area contributed by atoms with Crippen molar-refractivity contribution in [2.45, 2.75) is 31.4 Å². The second-order valence-corrected chi connectivity index (χ2v) is 6.60. The molecule has 1 aliphatic heterocycles. The Labute approximate surface area is 122 Å². The first-order valence-corrected chi connectivity index (χ1v) is 7.98. The molecule has 1 saturated heterocycles. The number of fused-ring (bicyclic) bond motifs is 1. The smallest absolute Gasteiger partial charge is 0.184 e. The molecule has 2 aliphatic rings. The van der Waals surface area contributed by atoms with Crippen molar-refractivity contribution in [3.63, 3.8) is 0 Å². The van der Waals surface area contributed by atoms with Crippen LogP contribution >= 0.6 is 11.3 Å². The third-order valence-electron chi connectivity index (χ3n) is 4.13. The summed E-state index contributed by atoms with van der Waals surface area (Å²) in [6.07, 6.45) is 4.11. The first kappa shape index (κ1) is 12.4. The van der Waals surface area contributed by atoms with Gasteiger partial charge in [0.1, 0.15) is 5.75 Å². The Hall–Kier alpha value is -1.33. The van der Waals surface area contributed by atoms with Gasteiger partial charge in [-0.05, 0) is 43.4 Å². The molecule has 4 rings (SSSR count). The summed E-state index contributed by atoms with van der Waals surface area (Å²) in [6.45, 7) is 0.873. The Bertz CT molecular complexity index is 623. The number of hydrogen-bond donors (Lipinski definition) is 1. The van der Waals surface area contributed by atoms with E-state index in [1.807, 2.05) is 18.2 Å². The number of benzene rings is 1. The monoisotopic (exact) mass is 290 g/mol. The van der Waals surface area contributed by atoms with Crippen molar-refractivity contribution in [3.8, 4) is 5.75 Å². The van der Waals surface area contributed by atoms with Crippen LogP contribution in [-0.2, 0) is 4.74 Å². The maximum atomic E-state index is 5.87. The average molecular weight is 290 g/mol. The summed E-state index contributed by atoms with van der Waals surface area (Å²) in [5.74, 6) is 1.65. The molecule has 0 radical (unpaired) electrons. The first-order chi connectivity index (χ1) is 9.83. The molecule has 0 amide bonds. The molecule has 20 heavy (non-hydrogen) atoms. The van der Waals surface area contributed by atoms with Gasteiger partial charge in [-0.2, -0.15) is 0 Å². The van der Waals surface area contributed by atoms with E-state index in [4.69, 9.17) is 9.47 Å². The van der Waals surface area contributed by atoms with Gasteiger partial charge in [0, 0.05) is 6.61 Å². The minimum Gasteiger partial charge on any atom is -0.497 e. The summed E-state index contributed by atoms with van der Waals surface area (Å²) in [5, 5.41) is 4.58. The van der Waals surface area contributed by atoms with Gasteiger partial charge in [-0.25, -0.2) is 4.98 Å². The molecule has 0 spiro atoms. The predicted molar refractivity (Wildman–Crippen MR) is 80.7 cm³/mol. The standard InChI is InChI=1S/C15H18N2O2S/c1-18-10-4-5-11-13(8-10)20-15(16-11)17-12-6-7-19-14(12)9-2-3-9/h4-5,8-9,12,14H,2-3,6-7H2,1H3,(H,16,17). The van der Waals surface area contributed by atoms with E-state index in [0.717, 1.165) is 40.0 Å². The number of aromatic nitrogens is 1. The van der Waals surface area contributed by atoms with Crippen LogP contribution in [0.25, 0.3) is 10.2 Å². The van der Waals surface area contributed by atoms with E-state index < -0.39 is 0 Å². The molecule has 2 unspecified atom stereocenters. The number of hydrogen-bond acceptors (Lipinski definition) is 5. The van der Waals surface area contributed by atoms with Gasteiger partial charge in [0.05, 0.1) is 29.5 Å². The van der Waals surface area contributed by atoms with Crippen LogP contribution in [0.5, 0.6) is 5.75 Å². The fourth-order valence-electron chi connectivity index (χ4n) is 2.91. The summed E-state index contributed by atoms with van der Waals surface area (Å²) in [7, 11) is 1.69. The van der Waals surface area contributed by atoms with E-state index in [9.17, 15) is 0 Å². The lowest BCUT2D eigenvalue weighted by molar-refractivity contribution is 0.0898. The molecule has 0 bridgehead atoms. The van der Waals surface area contributed by atoms with Crippen molar-refractivity contribution in [2.24, 2.45) is 5.92 Å². The van der Waals surface area contributed by atoms with Crippen molar-refractivity contribution >= 4 is 26.7 Å². The van der Waals surface area contributed by atoms with Crippen LogP contribution in [0.15, 0.2) is 18.2 Å². The Balaban J connectivity index is 1.55. The third kappa shape index (κ3) is 2.25. The second-order valence-electron chi connectivity index (χ2n) is 5.57. The summed E-state index contributed by atoms with van der Waals surface area (Å²) < 4.78 is 12.3. The van der Waals surface area contributed by atoms with Crippen molar-refractivity contribution in [1.29, 1.82) is 0 Å². The van der Waals surface area contributed by atoms with Crippen molar-refractivity contribution in [3.05, 3.63) is 18.2 Å². The molecule has 1 N–H and O–H groups in total. The molecule has 2 heterocycles. The Morgan fingerprint density at radius 3 is 3.05 bits per heavy atom. The van der Waals surface area contributed by atoms with E-state index in [1.165, 1.54) is 12.8 Å². The molecule has 1 aromatic heterocycles. The van der Waals surface area contributed by atoms with E-state index in [-0.39, 0.29) is 0 Å². The van der Waals surface area contributed by atoms with Gasteiger partial charge in [0.15, 0.2) is 5.13 Å². The van der Waals surface area contributed by atoms with Crippen molar-refractivity contribution in [2.75, 3.05) is 19.0 Å². The normalized spacial score (nSPS) is 26.1. The minimum atomic E-state index is 0.386. The van der Waals surface area contributed by atoms with Gasteiger partial charge in [-0.15, -0.1) is 0 Å². The Morgan fingerprint density at radius 1 is 1.35 bits per heavy atom. The molecule has 2 atom stereocenters. The number of ether oxygens (including phenoxy) is 2. The van der Waals surface area contributed by atoms with E-state index in [2.05, 4.69) is 10.3 Å². The highest BCUT2D eigenvalue weighted by Gasteiger charge is 2.40. The summed E-state index contributed by atoms with van der Waals surface area (Å²) in [6, 6.07) is 6.43. The quantitative estimate of drug-likeness (QED) is 0.938. The number of methoxy groups -OCH3 is 1. The number of rotatable bonds is 4. The number of nitrogens with zero attached hydrogens (tertiary/aromatic N) is 1. The highest BCUT2D eigenvalue weighted by molar-refractivity contribution is 7.22. The zero-order valence-electron chi connectivity index (χ0n) is 11.5. The highest BCUT2D eigenvalue weighted by atomic mass is 32.1. The number of thiazole rings is 1. The molecule has 5 heteroatoms. The molecule has 2 fully saturated rings. The summed E-state index contributed by atoms with van der Waals surface area (Å²) in [5.41, 5.74) is 1.03. The zero-order valence-corrected chi connectivity index (χ0v) is 12.3. The number of nitrogens with one attached hydrogen (secondary N) is 1. The zero-order chi connectivity index (χ0) is 13.5. The average Bonchev–Trinajstić information content (AvgIpc) is 3.07. The lowest BCUT2D eigenvalue weighted by Crippen LogP contribution is -2.30. The van der Waals surface area contributed by atoms with Gasteiger partial charge in [-0.1, -0.05) is 11.3 Å². The van der Waals surface area contributed by atoms with Gasteiger partial charge >= 0.3 is 0 Å². The fraction of sp³-hybridized carbons (Fsp3) is 0.533. The molecule has 1 saturated carbocycles. The largest absolute Gasteiger partial charge is 0.497 e. The lowest BCUT2D eigenvalue weighted by Gasteiger charge is -2.18. The maximum absolute atomic E-state index is 5.87. The first-order valence-electron chi connectivity index (χ1n) is 7.16. The van der Waals surface area contributed by atoms with Crippen LogP contribution in [-0.4, -0.2) is 30.8 Å². The fourth-order valence-corrected chi connectivity index (χ4v) is 3.86. The SMILES string of the molecule is COc1ccc2nc(NC3CCOC3C3CC3)sc2c1. The summed E-state index contributed by atoms with van der Waals surface area (Å²) in [4.78, 5) is 4.66. The molecule has 2 aromatic rings. The lowest BCUT2D eigenvalue weighted by atomic mass is 10.1. The van der Waals surface area contributed by atoms with Crippen LogP contribution in [0.3, 0.4) is 0 Å². The second kappa shape index (κ2) is 4.90. The topological polar surface area (TPSA) is 43.4 Å². The van der Waals surface area contributed by atoms with E-state index in [0.29, 0.717) is 12.1 Å². The molecular formula is C15H18N2O2S. The molecular weight excluding hydrogens is 272 g/mol. The van der Waals surface area contributed by atoms with Crippen LogP contribution < -0.4 is 10.1 Å². The van der Waals surface area contributed by atoms with Gasteiger partial charge < -0.3 is 14.8 Å². The van der Waals surface area contributed by atoms with E-state index >= 15 is 0 Å². The minimum absolute atomic E-state index is 0.386. The van der Waals surface area contributed by atoms with Gasteiger partial charge in [0.25, 0.3) is 0 Å². The van der Waals surface area contributed by atoms with Crippen LogP contribution in [0.4, 0.5) is 5.13 Å². The third-order valence-corrected chi connectivity index (χ3v) is 5.08. The van der Waals surface area contributed by atoms with Gasteiger partial charge in [0.2, 0.25) is 0 Å². The van der Waals surface area contributed by atoms with Crippen molar-refractivity contribution < 1.29 is 9.47 Å². The van der Waals surface area contributed by atoms with Crippen molar-refractivity contribution in [1.82, 2.24) is 4.98 Å². The van der Waals surface area contributed by atoms with Crippen LogP contribution in [0.2, 0.25) is 0 Å². The Morgan fingerprint density at radius 2 is 2.25 bits per heavy atom. The van der Waals surface area contributed by atoms with Gasteiger partial charge in [-0.3, -0.25) is 0 Å². The predicted octanol–water partition coefficient (Wildman–Crippen LogP) is 3.28. The highest BCUT2D eigenvalue weighted by Crippen LogP contribution is 2.40. The Kier molecular flexibility index (Phi) is 3.04. The molecule has 1 aromatic carbocycles. The molecule has 106 valence electrons. The molecule has 1 aliphatic carbocycles. The van der Waals surface area contributed by atoms with Crippen LogP contribution in [0, 0.1) is 5.92 Å². The van der Waals surface area contributed by atoms with E-state index in [1.54, 1.807) is 18.4 Å².